The van der Waals surface area contributed by atoms with Gasteiger partial charge in [0.2, 0.25) is 5.09 Å². The standard InChI is InChI=1S/C12H22N2O3S/c1-5-8-14-18(15,16)11-7-6-10(17-11)9-13-12(2,3)4/h6-7,13-14H,5,8-9H2,1-4H3. The summed E-state index contributed by atoms with van der Waals surface area (Å²) in [6, 6.07) is 3.16. The van der Waals surface area contributed by atoms with Gasteiger partial charge in [-0.05, 0) is 39.3 Å². The van der Waals surface area contributed by atoms with Gasteiger partial charge in [0, 0.05) is 12.1 Å². The van der Waals surface area contributed by atoms with E-state index in [1.807, 2.05) is 27.7 Å². The van der Waals surface area contributed by atoms with E-state index in [2.05, 4.69) is 10.0 Å². The zero-order chi connectivity index (χ0) is 13.8. The predicted molar refractivity (Wildman–Crippen MR) is 70.8 cm³/mol. The molecular formula is C12H22N2O3S. The molecule has 0 fully saturated rings. The van der Waals surface area contributed by atoms with E-state index in [1.165, 1.54) is 6.07 Å². The highest BCUT2D eigenvalue weighted by Crippen LogP contribution is 2.14. The van der Waals surface area contributed by atoms with Crippen molar-refractivity contribution >= 4 is 10.0 Å². The van der Waals surface area contributed by atoms with Crippen molar-refractivity contribution < 1.29 is 12.8 Å². The van der Waals surface area contributed by atoms with E-state index in [9.17, 15) is 8.42 Å². The quantitative estimate of drug-likeness (QED) is 0.830. The Hall–Kier alpha value is -0.850. The maximum Gasteiger partial charge on any atom is 0.273 e. The van der Waals surface area contributed by atoms with Crippen LogP contribution in [0.15, 0.2) is 21.6 Å². The van der Waals surface area contributed by atoms with Crippen molar-refractivity contribution in [3.05, 3.63) is 17.9 Å². The molecule has 0 bridgehead atoms. The van der Waals surface area contributed by atoms with Crippen molar-refractivity contribution in [2.45, 2.75) is 51.3 Å². The minimum atomic E-state index is -3.50. The molecule has 0 atom stereocenters. The molecule has 0 aliphatic heterocycles. The van der Waals surface area contributed by atoms with E-state index in [0.717, 1.165) is 6.42 Å². The first-order chi connectivity index (χ1) is 8.24. The number of hydrogen-bond donors (Lipinski definition) is 2. The molecule has 0 saturated carbocycles. The highest BCUT2D eigenvalue weighted by molar-refractivity contribution is 7.89. The highest BCUT2D eigenvalue weighted by Gasteiger charge is 2.18. The van der Waals surface area contributed by atoms with Crippen molar-refractivity contribution in [3.8, 4) is 0 Å². The molecule has 0 aliphatic rings. The fourth-order valence-electron chi connectivity index (χ4n) is 1.26. The lowest BCUT2D eigenvalue weighted by Crippen LogP contribution is -2.34. The number of rotatable bonds is 6. The summed E-state index contributed by atoms with van der Waals surface area (Å²) in [6.45, 7) is 8.94. The number of nitrogens with one attached hydrogen (secondary N) is 2. The minimum absolute atomic E-state index is 0.0262. The molecule has 1 aromatic rings. The molecule has 5 nitrogen and oxygen atoms in total. The van der Waals surface area contributed by atoms with Crippen molar-refractivity contribution in [2.75, 3.05) is 6.54 Å². The second kappa shape index (κ2) is 5.86. The van der Waals surface area contributed by atoms with E-state index in [4.69, 9.17) is 4.42 Å². The molecule has 1 rings (SSSR count). The number of sulfonamides is 1. The highest BCUT2D eigenvalue weighted by atomic mass is 32.2. The van der Waals surface area contributed by atoms with E-state index in [1.54, 1.807) is 6.07 Å². The molecule has 0 spiro atoms. The Morgan fingerprint density at radius 3 is 2.50 bits per heavy atom. The lowest BCUT2D eigenvalue weighted by Gasteiger charge is -2.19. The SMILES string of the molecule is CCCNS(=O)(=O)c1ccc(CNC(C)(C)C)o1. The van der Waals surface area contributed by atoms with Gasteiger partial charge in [-0.15, -0.1) is 0 Å². The summed E-state index contributed by atoms with van der Waals surface area (Å²) >= 11 is 0. The molecular weight excluding hydrogens is 252 g/mol. The molecule has 0 aliphatic carbocycles. The van der Waals surface area contributed by atoms with Gasteiger partial charge in [-0.3, -0.25) is 0 Å². The van der Waals surface area contributed by atoms with Gasteiger partial charge in [-0.25, -0.2) is 13.1 Å². The monoisotopic (exact) mass is 274 g/mol. The average Bonchev–Trinajstić information content (AvgIpc) is 2.72. The van der Waals surface area contributed by atoms with Crippen molar-refractivity contribution in [1.82, 2.24) is 10.0 Å². The first-order valence-electron chi connectivity index (χ1n) is 6.08. The number of hydrogen-bond acceptors (Lipinski definition) is 4. The summed E-state index contributed by atoms with van der Waals surface area (Å²) in [5.74, 6) is 0.613. The van der Waals surface area contributed by atoms with Crippen LogP contribution in [0.2, 0.25) is 0 Å². The van der Waals surface area contributed by atoms with Gasteiger partial charge < -0.3 is 9.73 Å². The summed E-state index contributed by atoms with van der Waals surface area (Å²) in [4.78, 5) is 0. The maximum atomic E-state index is 11.8. The van der Waals surface area contributed by atoms with Gasteiger partial charge in [0.05, 0.1) is 6.54 Å². The fourth-order valence-corrected chi connectivity index (χ4v) is 2.34. The predicted octanol–water partition coefficient (Wildman–Crippen LogP) is 1.86. The summed E-state index contributed by atoms with van der Waals surface area (Å²) in [5, 5.41) is 3.21. The van der Waals surface area contributed by atoms with Crippen LogP contribution in [-0.4, -0.2) is 20.5 Å². The summed E-state index contributed by atoms with van der Waals surface area (Å²) in [7, 11) is -3.50. The van der Waals surface area contributed by atoms with Crippen LogP contribution < -0.4 is 10.0 Å². The molecule has 6 heteroatoms. The Balaban J connectivity index is 2.68. The van der Waals surface area contributed by atoms with Crippen LogP contribution >= 0.6 is 0 Å². The molecule has 0 aromatic carbocycles. The normalized spacial score (nSPS) is 12.9. The molecule has 0 radical (unpaired) electrons. The lowest BCUT2D eigenvalue weighted by molar-refractivity contribution is 0.359. The van der Waals surface area contributed by atoms with Crippen LogP contribution in [0.25, 0.3) is 0 Å². The Kier molecular flexibility index (Phi) is 4.95. The van der Waals surface area contributed by atoms with Gasteiger partial charge in [-0.2, -0.15) is 0 Å². The Morgan fingerprint density at radius 2 is 1.94 bits per heavy atom. The molecule has 18 heavy (non-hydrogen) atoms. The van der Waals surface area contributed by atoms with E-state index in [-0.39, 0.29) is 10.6 Å². The largest absolute Gasteiger partial charge is 0.447 e. The van der Waals surface area contributed by atoms with Crippen molar-refractivity contribution in [2.24, 2.45) is 0 Å². The molecule has 0 unspecified atom stereocenters. The Morgan fingerprint density at radius 1 is 1.28 bits per heavy atom. The van der Waals surface area contributed by atoms with Gasteiger partial charge in [-0.1, -0.05) is 6.92 Å². The molecule has 0 saturated heterocycles. The topological polar surface area (TPSA) is 71.3 Å². The molecule has 2 N–H and O–H groups in total. The first-order valence-corrected chi connectivity index (χ1v) is 7.56. The van der Waals surface area contributed by atoms with Gasteiger partial charge in [0.1, 0.15) is 5.76 Å². The minimum Gasteiger partial charge on any atom is -0.447 e. The third-order valence-corrected chi connectivity index (χ3v) is 3.57. The van der Waals surface area contributed by atoms with E-state index < -0.39 is 10.0 Å². The van der Waals surface area contributed by atoms with Gasteiger partial charge >= 0.3 is 0 Å². The summed E-state index contributed by atoms with van der Waals surface area (Å²) < 4.78 is 31.4. The summed E-state index contributed by atoms with van der Waals surface area (Å²) in [5.41, 5.74) is -0.0354. The molecule has 1 aromatic heterocycles. The molecule has 1 heterocycles. The second-order valence-corrected chi connectivity index (χ2v) is 6.92. The van der Waals surface area contributed by atoms with Crippen molar-refractivity contribution in [3.63, 3.8) is 0 Å². The van der Waals surface area contributed by atoms with Gasteiger partial charge in [0.15, 0.2) is 0 Å². The van der Waals surface area contributed by atoms with Crippen LogP contribution in [0.1, 0.15) is 39.9 Å². The van der Waals surface area contributed by atoms with Crippen molar-refractivity contribution in [1.29, 1.82) is 0 Å². The Labute approximate surface area is 109 Å². The third-order valence-electron chi connectivity index (χ3n) is 2.24. The van der Waals surface area contributed by atoms with Gasteiger partial charge in [0.25, 0.3) is 10.0 Å². The Bertz CT molecular complexity index is 472. The first kappa shape index (κ1) is 15.2. The van der Waals surface area contributed by atoms with Crippen LogP contribution in [0, 0.1) is 0 Å². The molecule has 0 amide bonds. The smallest absolute Gasteiger partial charge is 0.273 e. The average molecular weight is 274 g/mol. The maximum absolute atomic E-state index is 11.8. The van der Waals surface area contributed by atoms with E-state index in [0.29, 0.717) is 18.8 Å². The third kappa shape index (κ3) is 4.80. The van der Waals surface area contributed by atoms with Crippen LogP contribution in [-0.2, 0) is 16.6 Å². The fraction of sp³-hybridized carbons (Fsp3) is 0.667. The summed E-state index contributed by atoms with van der Waals surface area (Å²) in [6.07, 6.45) is 0.748. The van der Waals surface area contributed by atoms with Crippen LogP contribution in [0.4, 0.5) is 0 Å². The van der Waals surface area contributed by atoms with Crippen LogP contribution in [0.5, 0.6) is 0 Å². The molecule has 104 valence electrons. The zero-order valence-electron chi connectivity index (χ0n) is 11.4. The number of furan rings is 1. The zero-order valence-corrected chi connectivity index (χ0v) is 12.2. The second-order valence-electron chi connectivity index (χ2n) is 5.22. The van der Waals surface area contributed by atoms with E-state index >= 15 is 0 Å². The van der Waals surface area contributed by atoms with Crippen LogP contribution in [0.3, 0.4) is 0 Å². The lowest BCUT2D eigenvalue weighted by atomic mass is 10.1.